The van der Waals surface area contributed by atoms with Crippen LogP contribution in [-0.4, -0.2) is 13.7 Å². The minimum Gasteiger partial charge on any atom is -0.380 e. The van der Waals surface area contributed by atoms with Gasteiger partial charge in [0.05, 0.1) is 6.61 Å². The van der Waals surface area contributed by atoms with Gasteiger partial charge in [-0.25, -0.2) is 0 Å². The third kappa shape index (κ3) is 3.33. The SMILES string of the molecule is COCc1cccc(C(CN)C(C)C)c1. The van der Waals surface area contributed by atoms with Gasteiger partial charge in [0.15, 0.2) is 0 Å². The molecule has 1 atom stereocenters. The topological polar surface area (TPSA) is 35.2 Å². The van der Waals surface area contributed by atoms with Crippen molar-refractivity contribution in [3.63, 3.8) is 0 Å². The Hall–Kier alpha value is -0.860. The molecule has 0 heterocycles. The van der Waals surface area contributed by atoms with Gasteiger partial charge in [0.25, 0.3) is 0 Å². The number of rotatable bonds is 5. The van der Waals surface area contributed by atoms with E-state index in [1.54, 1.807) is 7.11 Å². The van der Waals surface area contributed by atoms with Crippen molar-refractivity contribution in [1.29, 1.82) is 0 Å². The molecule has 0 spiro atoms. The Kier molecular flexibility index (Phi) is 4.79. The molecule has 2 nitrogen and oxygen atoms in total. The molecule has 0 saturated heterocycles. The minimum atomic E-state index is 0.446. The van der Waals surface area contributed by atoms with Crippen LogP contribution in [0.25, 0.3) is 0 Å². The molecular formula is C13H21NO. The van der Waals surface area contributed by atoms with Crippen molar-refractivity contribution in [3.05, 3.63) is 35.4 Å². The lowest BCUT2D eigenvalue weighted by molar-refractivity contribution is 0.185. The van der Waals surface area contributed by atoms with E-state index in [-0.39, 0.29) is 0 Å². The first-order chi connectivity index (χ1) is 7.19. The highest BCUT2D eigenvalue weighted by Crippen LogP contribution is 2.23. The van der Waals surface area contributed by atoms with Crippen molar-refractivity contribution < 1.29 is 4.74 Å². The van der Waals surface area contributed by atoms with Crippen LogP contribution >= 0.6 is 0 Å². The summed E-state index contributed by atoms with van der Waals surface area (Å²) >= 11 is 0. The molecule has 0 fully saturated rings. The van der Waals surface area contributed by atoms with E-state index in [9.17, 15) is 0 Å². The average Bonchev–Trinajstić information content (AvgIpc) is 2.19. The second-order valence-corrected chi connectivity index (χ2v) is 4.26. The van der Waals surface area contributed by atoms with E-state index in [1.165, 1.54) is 11.1 Å². The monoisotopic (exact) mass is 207 g/mol. The molecular weight excluding hydrogens is 186 g/mol. The zero-order valence-electron chi connectivity index (χ0n) is 9.86. The molecule has 0 aliphatic rings. The third-order valence-corrected chi connectivity index (χ3v) is 2.75. The number of benzene rings is 1. The lowest BCUT2D eigenvalue weighted by Gasteiger charge is -2.19. The van der Waals surface area contributed by atoms with Crippen molar-refractivity contribution in [2.45, 2.75) is 26.4 Å². The molecule has 84 valence electrons. The summed E-state index contributed by atoms with van der Waals surface area (Å²) in [5.41, 5.74) is 8.34. The summed E-state index contributed by atoms with van der Waals surface area (Å²) in [6.45, 7) is 5.79. The number of methoxy groups -OCH3 is 1. The van der Waals surface area contributed by atoms with E-state index >= 15 is 0 Å². The smallest absolute Gasteiger partial charge is 0.0713 e. The summed E-state index contributed by atoms with van der Waals surface area (Å²) in [5.74, 6) is 1.02. The molecule has 15 heavy (non-hydrogen) atoms. The van der Waals surface area contributed by atoms with E-state index in [2.05, 4.69) is 38.1 Å². The van der Waals surface area contributed by atoms with Gasteiger partial charge in [-0.2, -0.15) is 0 Å². The fourth-order valence-electron chi connectivity index (χ4n) is 1.87. The van der Waals surface area contributed by atoms with Gasteiger partial charge >= 0.3 is 0 Å². The van der Waals surface area contributed by atoms with Crippen LogP contribution in [-0.2, 0) is 11.3 Å². The molecule has 0 aliphatic carbocycles. The lowest BCUT2D eigenvalue weighted by atomic mass is 9.88. The van der Waals surface area contributed by atoms with Gasteiger partial charge in [-0.05, 0) is 29.5 Å². The van der Waals surface area contributed by atoms with Crippen LogP contribution in [0.15, 0.2) is 24.3 Å². The molecule has 0 bridgehead atoms. The largest absolute Gasteiger partial charge is 0.380 e. The summed E-state index contributed by atoms with van der Waals surface area (Å²) in [6.07, 6.45) is 0. The van der Waals surface area contributed by atoms with Crippen molar-refractivity contribution in [2.75, 3.05) is 13.7 Å². The molecule has 0 radical (unpaired) electrons. The first-order valence-corrected chi connectivity index (χ1v) is 5.47. The highest BCUT2D eigenvalue weighted by atomic mass is 16.5. The summed E-state index contributed by atoms with van der Waals surface area (Å²) in [6, 6.07) is 8.51. The van der Waals surface area contributed by atoms with Crippen LogP contribution in [0.2, 0.25) is 0 Å². The standard InChI is InChI=1S/C13H21NO/c1-10(2)13(8-14)12-6-4-5-11(7-12)9-15-3/h4-7,10,13H,8-9,14H2,1-3H3. The maximum atomic E-state index is 5.80. The van der Waals surface area contributed by atoms with Crippen LogP contribution in [0.1, 0.15) is 30.9 Å². The number of ether oxygens (including phenoxy) is 1. The highest BCUT2D eigenvalue weighted by molar-refractivity contribution is 5.26. The Morgan fingerprint density at radius 1 is 1.33 bits per heavy atom. The van der Waals surface area contributed by atoms with Gasteiger partial charge in [-0.15, -0.1) is 0 Å². The summed E-state index contributed by atoms with van der Waals surface area (Å²) in [4.78, 5) is 0. The lowest BCUT2D eigenvalue weighted by Crippen LogP contribution is -2.17. The Balaban J connectivity index is 2.87. The fraction of sp³-hybridized carbons (Fsp3) is 0.538. The molecule has 0 saturated carbocycles. The molecule has 0 aromatic heterocycles. The number of hydrogen-bond donors (Lipinski definition) is 1. The van der Waals surface area contributed by atoms with Gasteiger partial charge in [0.1, 0.15) is 0 Å². The van der Waals surface area contributed by atoms with Crippen molar-refractivity contribution in [2.24, 2.45) is 11.7 Å². The minimum absolute atomic E-state index is 0.446. The number of nitrogens with two attached hydrogens (primary N) is 1. The molecule has 1 aromatic rings. The molecule has 0 aliphatic heterocycles. The molecule has 1 rings (SSSR count). The zero-order chi connectivity index (χ0) is 11.3. The first-order valence-electron chi connectivity index (χ1n) is 5.47. The Morgan fingerprint density at radius 2 is 2.07 bits per heavy atom. The van der Waals surface area contributed by atoms with Crippen LogP contribution in [0.3, 0.4) is 0 Å². The van der Waals surface area contributed by atoms with E-state index in [0.717, 1.165) is 0 Å². The average molecular weight is 207 g/mol. The molecule has 1 aromatic carbocycles. The van der Waals surface area contributed by atoms with E-state index < -0.39 is 0 Å². The Morgan fingerprint density at radius 3 is 2.60 bits per heavy atom. The normalized spacial score (nSPS) is 13.1. The Bertz CT molecular complexity index is 296. The predicted molar refractivity (Wildman–Crippen MR) is 63.8 cm³/mol. The van der Waals surface area contributed by atoms with Crippen LogP contribution in [0, 0.1) is 5.92 Å². The van der Waals surface area contributed by atoms with Gasteiger partial charge in [0.2, 0.25) is 0 Å². The third-order valence-electron chi connectivity index (χ3n) is 2.75. The van der Waals surface area contributed by atoms with Gasteiger partial charge in [-0.3, -0.25) is 0 Å². The van der Waals surface area contributed by atoms with Crippen LogP contribution < -0.4 is 5.73 Å². The second kappa shape index (κ2) is 5.89. The fourth-order valence-corrected chi connectivity index (χ4v) is 1.87. The zero-order valence-corrected chi connectivity index (χ0v) is 9.86. The molecule has 1 unspecified atom stereocenters. The van der Waals surface area contributed by atoms with Gasteiger partial charge in [0, 0.05) is 7.11 Å². The summed E-state index contributed by atoms with van der Waals surface area (Å²) < 4.78 is 5.13. The maximum Gasteiger partial charge on any atom is 0.0713 e. The Labute approximate surface area is 92.4 Å². The van der Waals surface area contributed by atoms with E-state index in [0.29, 0.717) is 25.0 Å². The van der Waals surface area contributed by atoms with Crippen LogP contribution in [0.4, 0.5) is 0 Å². The van der Waals surface area contributed by atoms with E-state index in [1.807, 2.05) is 0 Å². The van der Waals surface area contributed by atoms with Crippen LogP contribution in [0.5, 0.6) is 0 Å². The quantitative estimate of drug-likeness (QED) is 0.805. The van der Waals surface area contributed by atoms with Gasteiger partial charge in [-0.1, -0.05) is 38.1 Å². The molecule has 0 amide bonds. The highest BCUT2D eigenvalue weighted by Gasteiger charge is 2.13. The summed E-state index contributed by atoms with van der Waals surface area (Å²) in [7, 11) is 1.72. The summed E-state index contributed by atoms with van der Waals surface area (Å²) in [5, 5.41) is 0. The molecule has 2 N–H and O–H groups in total. The van der Waals surface area contributed by atoms with Crippen molar-refractivity contribution in [1.82, 2.24) is 0 Å². The van der Waals surface area contributed by atoms with Gasteiger partial charge < -0.3 is 10.5 Å². The second-order valence-electron chi connectivity index (χ2n) is 4.26. The maximum absolute atomic E-state index is 5.80. The molecule has 2 heteroatoms. The van der Waals surface area contributed by atoms with Crippen molar-refractivity contribution in [3.8, 4) is 0 Å². The van der Waals surface area contributed by atoms with E-state index in [4.69, 9.17) is 10.5 Å². The van der Waals surface area contributed by atoms with Crippen molar-refractivity contribution >= 4 is 0 Å². The first kappa shape index (κ1) is 12.2. The number of hydrogen-bond acceptors (Lipinski definition) is 2. The predicted octanol–water partition coefficient (Wildman–Crippen LogP) is 2.53.